The van der Waals surface area contributed by atoms with Crippen molar-refractivity contribution in [1.82, 2.24) is 4.98 Å². The van der Waals surface area contributed by atoms with Crippen molar-refractivity contribution in [1.29, 1.82) is 0 Å². The number of hydrogen-bond donors (Lipinski definition) is 1. The van der Waals surface area contributed by atoms with Crippen LogP contribution >= 0.6 is 11.8 Å². The Balaban J connectivity index is 1.71. The largest absolute Gasteiger partial charge is 0.334 e. The van der Waals surface area contributed by atoms with Gasteiger partial charge in [0.15, 0.2) is 5.17 Å². The van der Waals surface area contributed by atoms with Crippen LogP contribution in [0.1, 0.15) is 32.1 Å². The first-order valence-corrected chi connectivity index (χ1v) is 7.25. The maximum atomic E-state index is 4.92. The number of nitrogens with one attached hydrogen (secondary N) is 1. The van der Waals surface area contributed by atoms with Crippen molar-refractivity contribution in [2.24, 2.45) is 4.99 Å². The van der Waals surface area contributed by atoms with Gasteiger partial charge in [0.25, 0.3) is 0 Å². The maximum absolute atomic E-state index is 4.92. The summed E-state index contributed by atoms with van der Waals surface area (Å²) in [4.78, 5) is 9.02. The molecule has 1 aliphatic heterocycles. The second-order valence-corrected chi connectivity index (χ2v) is 5.82. The Morgan fingerprint density at radius 2 is 2.12 bits per heavy atom. The fraction of sp³-hybridized carbons (Fsp3) is 0.538. The van der Waals surface area contributed by atoms with E-state index in [2.05, 4.69) is 10.3 Å². The summed E-state index contributed by atoms with van der Waals surface area (Å²) in [6, 6.07) is 3.97. The highest BCUT2D eigenvalue weighted by atomic mass is 32.2. The van der Waals surface area contributed by atoms with Crippen LogP contribution in [0.25, 0.3) is 0 Å². The van der Waals surface area contributed by atoms with Crippen LogP contribution in [0.4, 0.5) is 5.69 Å². The van der Waals surface area contributed by atoms with E-state index < -0.39 is 0 Å². The summed E-state index contributed by atoms with van der Waals surface area (Å²) in [6.07, 6.45) is 10.2. The molecule has 0 bridgehead atoms. The average Bonchev–Trinajstić information content (AvgIpc) is 2.74. The first-order chi connectivity index (χ1) is 8.36. The van der Waals surface area contributed by atoms with Crippen molar-refractivity contribution < 1.29 is 0 Å². The molecule has 1 aliphatic carbocycles. The van der Waals surface area contributed by atoms with E-state index in [1.165, 1.54) is 32.1 Å². The van der Waals surface area contributed by atoms with Crippen LogP contribution in [0.15, 0.2) is 29.5 Å². The normalized spacial score (nSPS) is 22.5. The molecular weight excluding hydrogens is 230 g/mol. The molecule has 0 atom stereocenters. The lowest BCUT2D eigenvalue weighted by molar-refractivity contribution is 0.335. The molecular formula is C13H17N3S. The molecule has 2 aliphatic rings. The Morgan fingerprint density at radius 3 is 2.88 bits per heavy atom. The molecule has 17 heavy (non-hydrogen) atoms. The smallest absolute Gasteiger partial charge is 0.161 e. The zero-order valence-corrected chi connectivity index (χ0v) is 10.7. The van der Waals surface area contributed by atoms with E-state index in [1.807, 2.05) is 30.1 Å². The number of pyridine rings is 1. The molecule has 1 spiro atoms. The fourth-order valence-corrected chi connectivity index (χ4v) is 3.78. The van der Waals surface area contributed by atoms with Gasteiger partial charge in [-0.3, -0.25) is 9.98 Å². The number of amidine groups is 1. The Morgan fingerprint density at radius 1 is 1.24 bits per heavy atom. The number of anilines is 1. The van der Waals surface area contributed by atoms with Gasteiger partial charge in [-0.2, -0.15) is 0 Å². The summed E-state index contributed by atoms with van der Waals surface area (Å²) in [7, 11) is 0. The van der Waals surface area contributed by atoms with Gasteiger partial charge in [-0.1, -0.05) is 31.0 Å². The number of thioether (sulfide) groups is 1. The SMILES string of the molecule is c1cncc(NC2=NC3(CCCCC3)CS2)c1. The molecule has 0 radical (unpaired) electrons. The highest BCUT2D eigenvalue weighted by molar-refractivity contribution is 8.14. The van der Waals surface area contributed by atoms with Gasteiger partial charge in [-0.25, -0.2) is 0 Å². The minimum Gasteiger partial charge on any atom is -0.334 e. The number of aliphatic imine (C=N–C) groups is 1. The van der Waals surface area contributed by atoms with Gasteiger partial charge in [0.05, 0.1) is 17.4 Å². The highest BCUT2D eigenvalue weighted by Crippen LogP contribution is 2.39. The summed E-state index contributed by atoms with van der Waals surface area (Å²) >= 11 is 1.85. The van der Waals surface area contributed by atoms with Gasteiger partial charge >= 0.3 is 0 Å². The summed E-state index contributed by atoms with van der Waals surface area (Å²) in [5.41, 5.74) is 1.28. The summed E-state index contributed by atoms with van der Waals surface area (Å²) in [5, 5.41) is 4.43. The van der Waals surface area contributed by atoms with E-state index in [9.17, 15) is 0 Å². The Kier molecular flexibility index (Phi) is 3.05. The third kappa shape index (κ3) is 2.46. The lowest BCUT2D eigenvalue weighted by Crippen LogP contribution is -2.29. The third-order valence-corrected chi connectivity index (χ3v) is 4.66. The highest BCUT2D eigenvalue weighted by Gasteiger charge is 2.36. The van der Waals surface area contributed by atoms with Crippen LogP contribution in [-0.2, 0) is 0 Å². The summed E-state index contributed by atoms with van der Waals surface area (Å²) < 4.78 is 0. The number of hydrogen-bond acceptors (Lipinski definition) is 4. The maximum Gasteiger partial charge on any atom is 0.161 e. The Bertz CT molecular complexity index is 410. The third-order valence-electron chi connectivity index (χ3n) is 3.51. The number of aromatic nitrogens is 1. The zero-order chi connectivity index (χ0) is 11.6. The molecule has 3 rings (SSSR count). The fourth-order valence-electron chi connectivity index (χ4n) is 2.57. The van der Waals surface area contributed by atoms with Gasteiger partial charge < -0.3 is 5.32 Å². The first kappa shape index (κ1) is 11.1. The molecule has 4 heteroatoms. The molecule has 0 amide bonds. The standard InChI is InChI=1S/C13H17N3S/c1-2-6-13(7-3-1)10-17-12(16-13)15-11-5-4-8-14-9-11/h4-5,8-9H,1-3,6-7,10H2,(H,15,16). The van der Waals surface area contributed by atoms with Crippen molar-refractivity contribution in [3.63, 3.8) is 0 Å². The van der Waals surface area contributed by atoms with Gasteiger partial charge in [-0.05, 0) is 25.0 Å². The molecule has 1 saturated carbocycles. The Labute approximate surface area is 106 Å². The van der Waals surface area contributed by atoms with Crippen LogP contribution in [0, 0.1) is 0 Å². The summed E-state index contributed by atoms with van der Waals surface area (Å²) in [6.45, 7) is 0. The van der Waals surface area contributed by atoms with Crippen molar-refractivity contribution in [3.05, 3.63) is 24.5 Å². The average molecular weight is 247 g/mol. The van der Waals surface area contributed by atoms with Crippen molar-refractivity contribution >= 4 is 22.6 Å². The van der Waals surface area contributed by atoms with Crippen LogP contribution in [0.3, 0.4) is 0 Å². The monoisotopic (exact) mass is 247 g/mol. The zero-order valence-electron chi connectivity index (χ0n) is 9.85. The van der Waals surface area contributed by atoms with Gasteiger partial charge in [0.1, 0.15) is 0 Å². The van der Waals surface area contributed by atoms with Crippen LogP contribution in [-0.4, -0.2) is 21.4 Å². The predicted molar refractivity (Wildman–Crippen MR) is 73.6 cm³/mol. The molecule has 1 N–H and O–H groups in total. The molecule has 0 unspecified atom stereocenters. The second kappa shape index (κ2) is 4.69. The molecule has 1 fully saturated rings. The first-order valence-electron chi connectivity index (χ1n) is 6.26. The van der Waals surface area contributed by atoms with Gasteiger partial charge in [-0.15, -0.1) is 0 Å². The summed E-state index contributed by atoms with van der Waals surface area (Å²) in [5.74, 6) is 1.15. The van der Waals surface area contributed by atoms with E-state index in [4.69, 9.17) is 4.99 Å². The number of nitrogens with zero attached hydrogens (tertiary/aromatic N) is 2. The minimum atomic E-state index is 0.244. The van der Waals surface area contributed by atoms with E-state index in [1.54, 1.807) is 6.20 Å². The van der Waals surface area contributed by atoms with Crippen molar-refractivity contribution in [2.45, 2.75) is 37.6 Å². The lowest BCUT2D eigenvalue weighted by Gasteiger charge is -2.29. The van der Waals surface area contributed by atoms with Crippen molar-refractivity contribution in [2.75, 3.05) is 11.1 Å². The molecule has 0 saturated heterocycles. The van der Waals surface area contributed by atoms with Crippen molar-refractivity contribution in [3.8, 4) is 0 Å². The van der Waals surface area contributed by atoms with Gasteiger partial charge in [0, 0.05) is 11.9 Å². The van der Waals surface area contributed by atoms with Crippen LogP contribution in [0.5, 0.6) is 0 Å². The van der Waals surface area contributed by atoms with Crippen LogP contribution in [0.2, 0.25) is 0 Å². The van der Waals surface area contributed by atoms with Crippen LogP contribution < -0.4 is 5.32 Å². The van der Waals surface area contributed by atoms with E-state index in [0.717, 1.165) is 16.6 Å². The lowest BCUT2D eigenvalue weighted by atomic mass is 9.84. The molecule has 0 aromatic carbocycles. The van der Waals surface area contributed by atoms with E-state index >= 15 is 0 Å². The van der Waals surface area contributed by atoms with E-state index in [-0.39, 0.29) is 5.54 Å². The molecule has 1 aromatic heterocycles. The number of rotatable bonds is 1. The topological polar surface area (TPSA) is 37.3 Å². The van der Waals surface area contributed by atoms with Gasteiger partial charge in [0.2, 0.25) is 0 Å². The minimum absolute atomic E-state index is 0.244. The quantitative estimate of drug-likeness (QED) is 0.827. The predicted octanol–water partition coefficient (Wildman–Crippen LogP) is 3.30. The van der Waals surface area contributed by atoms with E-state index in [0.29, 0.717) is 0 Å². The molecule has 3 nitrogen and oxygen atoms in total. The molecule has 90 valence electrons. The molecule has 2 heterocycles. The second-order valence-electron chi connectivity index (χ2n) is 4.86. The Hall–Kier alpha value is -1.03. The molecule has 1 aromatic rings.